The van der Waals surface area contributed by atoms with Gasteiger partial charge in [0.2, 0.25) is 11.8 Å². The molecule has 1 aliphatic carbocycles. The van der Waals surface area contributed by atoms with E-state index in [4.69, 9.17) is 0 Å². The number of carbonyl (C=O) groups is 2. The summed E-state index contributed by atoms with van der Waals surface area (Å²) in [4.78, 5) is 39.2. The number of anilines is 1. The van der Waals surface area contributed by atoms with Crippen molar-refractivity contribution in [1.82, 2.24) is 10.2 Å². The van der Waals surface area contributed by atoms with Crippen LogP contribution in [0.3, 0.4) is 0 Å². The van der Waals surface area contributed by atoms with Crippen molar-refractivity contribution < 1.29 is 22.9 Å². The van der Waals surface area contributed by atoms with Gasteiger partial charge in [-0.3, -0.25) is 24.0 Å². The number of benzene rings is 3. The molecule has 1 fully saturated rings. The number of hydrogen-bond acceptors (Lipinski definition) is 6. The van der Waals surface area contributed by atoms with E-state index >= 15 is 0 Å². The first-order chi connectivity index (χ1) is 19.6. The summed E-state index contributed by atoms with van der Waals surface area (Å²) in [6.45, 7) is 1.07. The Balaban J connectivity index is 1.69. The minimum atomic E-state index is -4.25. The molecule has 41 heavy (non-hydrogen) atoms. The topological polar surface area (TPSA) is 130 Å². The van der Waals surface area contributed by atoms with Crippen molar-refractivity contribution in [2.75, 3.05) is 10.8 Å². The molecule has 0 unspecified atom stereocenters. The summed E-state index contributed by atoms with van der Waals surface area (Å²) >= 11 is 3.43. The second-order valence-electron chi connectivity index (χ2n) is 9.92. The maximum absolute atomic E-state index is 14.0. The molecule has 4 rings (SSSR count). The highest BCUT2D eigenvalue weighted by Crippen LogP contribution is 2.27. The molecule has 0 aliphatic heterocycles. The van der Waals surface area contributed by atoms with Crippen molar-refractivity contribution in [3.8, 4) is 0 Å². The summed E-state index contributed by atoms with van der Waals surface area (Å²) in [5, 5.41) is 14.2. The average molecular weight is 644 g/mol. The average Bonchev–Trinajstić information content (AvgIpc) is 3.47. The van der Waals surface area contributed by atoms with Gasteiger partial charge in [0.1, 0.15) is 12.6 Å². The minimum Gasteiger partial charge on any atom is -0.352 e. The van der Waals surface area contributed by atoms with Gasteiger partial charge in [0, 0.05) is 29.2 Å². The highest BCUT2D eigenvalue weighted by Gasteiger charge is 2.33. The predicted molar refractivity (Wildman–Crippen MR) is 159 cm³/mol. The smallest absolute Gasteiger partial charge is 0.269 e. The standard InChI is InChI=1S/C29H31BrN4O6S/c1-21(29(36)31-24-10-5-6-11-24)32(19-22-8-7-9-23(30)18-22)28(35)20-33(25-14-16-26(17-15-25)34(37)38)41(39,40)27-12-3-2-4-13-27/h2-4,7-9,12-18,21,24H,5-6,10-11,19-20H2,1H3,(H,31,36)/t21-/m0/s1. The van der Waals surface area contributed by atoms with Gasteiger partial charge >= 0.3 is 0 Å². The molecule has 0 radical (unpaired) electrons. The van der Waals surface area contributed by atoms with Gasteiger partial charge in [-0.05, 0) is 61.7 Å². The fourth-order valence-corrected chi connectivity index (χ4v) is 6.68. The molecule has 0 heterocycles. The molecule has 1 N–H and O–H groups in total. The zero-order valence-electron chi connectivity index (χ0n) is 22.5. The Morgan fingerprint density at radius 1 is 1.02 bits per heavy atom. The predicted octanol–water partition coefficient (Wildman–Crippen LogP) is 5.03. The van der Waals surface area contributed by atoms with Crippen LogP contribution in [0.2, 0.25) is 0 Å². The maximum atomic E-state index is 14.0. The lowest BCUT2D eigenvalue weighted by molar-refractivity contribution is -0.384. The van der Waals surface area contributed by atoms with Crippen LogP contribution in [0.5, 0.6) is 0 Å². The van der Waals surface area contributed by atoms with E-state index in [1.54, 1.807) is 25.1 Å². The summed E-state index contributed by atoms with van der Waals surface area (Å²) in [6.07, 6.45) is 3.81. The van der Waals surface area contributed by atoms with Crippen molar-refractivity contribution in [2.24, 2.45) is 0 Å². The van der Waals surface area contributed by atoms with E-state index in [1.807, 2.05) is 24.3 Å². The van der Waals surface area contributed by atoms with Gasteiger partial charge in [0.25, 0.3) is 15.7 Å². The molecule has 12 heteroatoms. The lowest BCUT2D eigenvalue weighted by Crippen LogP contribution is -2.52. The first-order valence-corrected chi connectivity index (χ1v) is 15.5. The summed E-state index contributed by atoms with van der Waals surface area (Å²) in [7, 11) is -4.25. The molecule has 3 aromatic rings. The van der Waals surface area contributed by atoms with Crippen molar-refractivity contribution in [1.29, 1.82) is 0 Å². The number of halogens is 1. The molecular weight excluding hydrogens is 612 g/mol. The van der Waals surface area contributed by atoms with Crippen molar-refractivity contribution in [2.45, 2.75) is 56.1 Å². The van der Waals surface area contributed by atoms with Gasteiger partial charge in [0.05, 0.1) is 15.5 Å². The van der Waals surface area contributed by atoms with Crippen LogP contribution in [0.25, 0.3) is 0 Å². The number of hydrogen-bond donors (Lipinski definition) is 1. The Labute approximate surface area is 247 Å². The monoisotopic (exact) mass is 642 g/mol. The van der Waals surface area contributed by atoms with E-state index in [9.17, 15) is 28.1 Å². The third-order valence-electron chi connectivity index (χ3n) is 7.07. The molecule has 0 spiro atoms. The SMILES string of the molecule is C[C@@H](C(=O)NC1CCCC1)N(Cc1cccc(Br)c1)C(=O)CN(c1ccc([N+](=O)[O-])cc1)S(=O)(=O)c1ccccc1. The highest BCUT2D eigenvalue weighted by molar-refractivity contribution is 9.10. The van der Waals surface area contributed by atoms with Gasteiger partial charge in [-0.25, -0.2) is 8.42 Å². The van der Waals surface area contributed by atoms with Crippen molar-refractivity contribution in [3.63, 3.8) is 0 Å². The Morgan fingerprint density at radius 3 is 2.29 bits per heavy atom. The molecule has 1 saturated carbocycles. The van der Waals surface area contributed by atoms with Crippen molar-refractivity contribution in [3.05, 3.63) is 99.0 Å². The second kappa shape index (κ2) is 13.3. The molecule has 0 bridgehead atoms. The Hall–Kier alpha value is -3.77. The molecular formula is C29H31BrN4O6S. The van der Waals surface area contributed by atoms with Gasteiger partial charge in [0.15, 0.2) is 0 Å². The number of amides is 2. The van der Waals surface area contributed by atoms with Crippen LogP contribution in [0, 0.1) is 10.1 Å². The highest BCUT2D eigenvalue weighted by atomic mass is 79.9. The second-order valence-corrected chi connectivity index (χ2v) is 12.7. The zero-order chi connectivity index (χ0) is 29.6. The molecule has 1 aliphatic rings. The molecule has 3 aromatic carbocycles. The van der Waals surface area contributed by atoms with Crippen LogP contribution >= 0.6 is 15.9 Å². The van der Waals surface area contributed by atoms with E-state index in [1.165, 1.54) is 41.3 Å². The number of nitrogens with one attached hydrogen (secondary N) is 1. The lowest BCUT2D eigenvalue weighted by atomic mass is 10.1. The van der Waals surface area contributed by atoms with Crippen LogP contribution in [0.15, 0.2) is 88.2 Å². The van der Waals surface area contributed by atoms with E-state index < -0.39 is 33.4 Å². The summed E-state index contributed by atoms with van der Waals surface area (Å²) < 4.78 is 29.3. The number of carbonyl (C=O) groups excluding carboxylic acids is 2. The Bertz CT molecular complexity index is 1500. The van der Waals surface area contributed by atoms with Crippen LogP contribution in [-0.4, -0.2) is 48.7 Å². The largest absolute Gasteiger partial charge is 0.352 e. The summed E-state index contributed by atoms with van der Waals surface area (Å²) in [5.74, 6) is -0.912. The molecule has 216 valence electrons. The first-order valence-electron chi connectivity index (χ1n) is 13.2. The molecule has 0 saturated heterocycles. The normalized spacial score (nSPS) is 14.3. The first kappa shape index (κ1) is 30.2. The fourth-order valence-electron chi connectivity index (χ4n) is 4.80. The van der Waals surface area contributed by atoms with Gasteiger partial charge in [-0.2, -0.15) is 0 Å². The van der Waals surface area contributed by atoms with E-state index in [0.717, 1.165) is 40.0 Å². The van der Waals surface area contributed by atoms with Gasteiger partial charge in [-0.15, -0.1) is 0 Å². The molecule has 1 atom stereocenters. The van der Waals surface area contributed by atoms with Crippen LogP contribution < -0.4 is 9.62 Å². The van der Waals surface area contributed by atoms with Crippen LogP contribution in [0.1, 0.15) is 38.2 Å². The van der Waals surface area contributed by atoms with Gasteiger partial charge in [-0.1, -0.05) is 59.1 Å². The number of nitrogens with zero attached hydrogens (tertiary/aromatic N) is 3. The third-order valence-corrected chi connectivity index (χ3v) is 9.35. The summed E-state index contributed by atoms with van der Waals surface area (Å²) in [6, 6.07) is 19.0. The van der Waals surface area contributed by atoms with Crippen LogP contribution in [-0.2, 0) is 26.2 Å². The van der Waals surface area contributed by atoms with Crippen LogP contribution in [0.4, 0.5) is 11.4 Å². The van der Waals surface area contributed by atoms with E-state index in [-0.39, 0.29) is 34.8 Å². The summed E-state index contributed by atoms with van der Waals surface area (Å²) in [5.41, 5.74) is 0.616. The lowest BCUT2D eigenvalue weighted by Gasteiger charge is -2.32. The third kappa shape index (κ3) is 7.50. The Kier molecular flexibility index (Phi) is 9.77. The Morgan fingerprint density at radius 2 is 1.68 bits per heavy atom. The fraction of sp³-hybridized carbons (Fsp3) is 0.310. The number of nitro benzene ring substituents is 1. The quantitative estimate of drug-likeness (QED) is 0.231. The van der Waals surface area contributed by atoms with Gasteiger partial charge < -0.3 is 10.2 Å². The molecule has 2 amide bonds. The molecule has 10 nitrogen and oxygen atoms in total. The number of rotatable bonds is 11. The number of nitro groups is 1. The number of non-ortho nitro benzene ring substituents is 1. The number of sulfonamides is 1. The van der Waals surface area contributed by atoms with E-state index in [2.05, 4.69) is 21.2 Å². The molecule has 0 aromatic heterocycles. The van der Waals surface area contributed by atoms with E-state index in [0.29, 0.717) is 0 Å². The minimum absolute atomic E-state index is 0.0443. The van der Waals surface area contributed by atoms with Crippen molar-refractivity contribution >= 4 is 49.1 Å². The zero-order valence-corrected chi connectivity index (χ0v) is 24.9. The maximum Gasteiger partial charge on any atom is 0.269 e.